The number of aliphatic hydroxyl groups excluding tert-OH is 1. The highest BCUT2D eigenvalue weighted by atomic mass is 31.2. The number of quaternary nitrogens is 1. The van der Waals surface area contributed by atoms with E-state index in [0.29, 0.717) is 17.4 Å². The van der Waals surface area contributed by atoms with Crippen molar-refractivity contribution in [3.63, 3.8) is 0 Å². The molecule has 0 aliphatic rings. The molecule has 0 spiro atoms. The van der Waals surface area contributed by atoms with Gasteiger partial charge in [-0.15, -0.1) is 0 Å². The van der Waals surface area contributed by atoms with Gasteiger partial charge in [-0.1, -0.05) is 269 Å². The van der Waals surface area contributed by atoms with Gasteiger partial charge in [0, 0.05) is 6.42 Å². The Morgan fingerprint density at radius 1 is 0.515 bits per heavy atom. The van der Waals surface area contributed by atoms with Gasteiger partial charge in [0.05, 0.1) is 39.9 Å². The number of hydrogen-bond acceptors (Lipinski definition) is 6. The molecule has 0 saturated heterocycles. The lowest BCUT2D eigenvalue weighted by molar-refractivity contribution is -0.870. The molecular formula is C57H113N2O6P. The number of carbonyl (C=O) groups excluding carboxylic acids is 1. The number of phosphoric acid groups is 1. The molecule has 0 radical (unpaired) electrons. The fourth-order valence-corrected chi connectivity index (χ4v) is 9.37. The van der Waals surface area contributed by atoms with Gasteiger partial charge in [-0.25, -0.2) is 0 Å². The summed E-state index contributed by atoms with van der Waals surface area (Å²) in [5.74, 6) is -0.203. The first-order valence-corrected chi connectivity index (χ1v) is 30.2. The minimum absolute atomic E-state index is 0.00412. The first-order chi connectivity index (χ1) is 32.0. The van der Waals surface area contributed by atoms with Gasteiger partial charge in [-0.2, -0.15) is 0 Å². The first-order valence-electron chi connectivity index (χ1n) is 28.7. The van der Waals surface area contributed by atoms with Crippen LogP contribution in [0.2, 0.25) is 0 Å². The Kier molecular flexibility index (Phi) is 48.2. The second-order valence-corrected chi connectivity index (χ2v) is 22.4. The van der Waals surface area contributed by atoms with Crippen LogP contribution in [0, 0.1) is 0 Å². The molecule has 0 fully saturated rings. The summed E-state index contributed by atoms with van der Waals surface area (Å²) in [4.78, 5) is 25.4. The Labute approximate surface area is 411 Å². The van der Waals surface area contributed by atoms with E-state index in [1.54, 1.807) is 6.08 Å². The molecule has 0 saturated carbocycles. The number of carbonyl (C=O) groups is 1. The lowest BCUT2D eigenvalue weighted by Crippen LogP contribution is -2.45. The largest absolute Gasteiger partial charge is 0.756 e. The third-order valence-electron chi connectivity index (χ3n) is 13.2. The number of amides is 1. The molecular weight excluding hydrogens is 840 g/mol. The normalized spacial score (nSPS) is 14.1. The van der Waals surface area contributed by atoms with Gasteiger partial charge >= 0.3 is 0 Å². The van der Waals surface area contributed by atoms with Crippen molar-refractivity contribution in [2.75, 3.05) is 40.9 Å². The van der Waals surface area contributed by atoms with Crippen molar-refractivity contribution in [3.8, 4) is 0 Å². The van der Waals surface area contributed by atoms with Crippen molar-refractivity contribution in [3.05, 3.63) is 24.3 Å². The SMILES string of the molecule is CCCCCCCC/C=C/CC/C=C/C(O)C(COP(=O)([O-])OCC[N+](C)(C)C)NC(=O)CCCCCCCCCCCCCCCCCCCCCCCCCCCCCCCCCC. The molecule has 3 atom stereocenters. The maximum absolute atomic E-state index is 12.9. The fraction of sp³-hybridized carbons (Fsp3) is 0.912. The second-order valence-electron chi connectivity index (χ2n) is 21.0. The van der Waals surface area contributed by atoms with Crippen LogP contribution in [0.5, 0.6) is 0 Å². The van der Waals surface area contributed by atoms with Crippen LogP contribution in [0.25, 0.3) is 0 Å². The Morgan fingerprint density at radius 2 is 0.848 bits per heavy atom. The maximum atomic E-state index is 12.9. The van der Waals surface area contributed by atoms with Gasteiger partial charge in [0.15, 0.2) is 0 Å². The molecule has 1 amide bonds. The predicted octanol–water partition coefficient (Wildman–Crippen LogP) is 16.6. The molecule has 0 heterocycles. The Morgan fingerprint density at radius 3 is 1.23 bits per heavy atom. The van der Waals surface area contributed by atoms with E-state index >= 15 is 0 Å². The van der Waals surface area contributed by atoms with Gasteiger partial charge in [0.2, 0.25) is 5.91 Å². The van der Waals surface area contributed by atoms with Gasteiger partial charge < -0.3 is 28.8 Å². The van der Waals surface area contributed by atoms with Gasteiger partial charge in [-0.05, 0) is 32.1 Å². The van der Waals surface area contributed by atoms with Crippen LogP contribution in [0.1, 0.15) is 284 Å². The fourth-order valence-electron chi connectivity index (χ4n) is 8.64. The molecule has 2 N–H and O–H groups in total. The Bertz CT molecular complexity index is 1130. The van der Waals surface area contributed by atoms with Gasteiger partial charge in [0.1, 0.15) is 13.2 Å². The van der Waals surface area contributed by atoms with Crippen LogP contribution in [0.3, 0.4) is 0 Å². The Hall–Kier alpha value is -1.02. The summed E-state index contributed by atoms with van der Waals surface area (Å²) in [6, 6.07) is -0.899. The molecule has 66 heavy (non-hydrogen) atoms. The number of likely N-dealkylation sites (N-methyl/N-ethyl adjacent to an activating group) is 1. The smallest absolute Gasteiger partial charge is 0.268 e. The van der Waals surface area contributed by atoms with Crippen LogP contribution in [-0.4, -0.2) is 68.5 Å². The molecule has 3 unspecified atom stereocenters. The van der Waals surface area contributed by atoms with Crippen LogP contribution in [0.4, 0.5) is 0 Å². The van der Waals surface area contributed by atoms with Crippen molar-refractivity contribution >= 4 is 13.7 Å². The molecule has 0 aromatic heterocycles. The van der Waals surface area contributed by atoms with Gasteiger partial charge in [0.25, 0.3) is 7.82 Å². The molecule has 392 valence electrons. The van der Waals surface area contributed by atoms with Crippen molar-refractivity contribution in [2.45, 2.75) is 296 Å². The molecule has 0 aliphatic heterocycles. The van der Waals surface area contributed by atoms with Crippen LogP contribution < -0.4 is 10.2 Å². The summed E-state index contributed by atoms with van der Waals surface area (Å²) < 4.78 is 23.2. The summed E-state index contributed by atoms with van der Waals surface area (Å²) in [6.07, 6.45) is 61.4. The topological polar surface area (TPSA) is 108 Å². The van der Waals surface area contributed by atoms with Crippen LogP contribution >= 0.6 is 7.82 Å². The van der Waals surface area contributed by atoms with Gasteiger partial charge in [-0.3, -0.25) is 9.36 Å². The summed E-state index contributed by atoms with van der Waals surface area (Å²) in [7, 11) is 1.25. The highest BCUT2D eigenvalue weighted by Crippen LogP contribution is 2.38. The molecule has 0 aromatic rings. The quantitative estimate of drug-likeness (QED) is 0.0272. The Balaban J connectivity index is 3.97. The molecule has 0 bridgehead atoms. The van der Waals surface area contributed by atoms with E-state index in [1.807, 2.05) is 27.2 Å². The number of hydrogen-bond donors (Lipinski definition) is 2. The highest BCUT2D eigenvalue weighted by molar-refractivity contribution is 7.45. The van der Waals surface area contributed by atoms with E-state index < -0.39 is 20.0 Å². The summed E-state index contributed by atoms with van der Waals surface area (Å²) in [5.41, 5.74) is 0. The zero-order chi connectivity index (χ0) is 48.5. The number of nitrogens with zero attached hydrogens (tertiary/aromatic N) is 1. The number of rotatable bonds is 53. The van der Waals surface area contributed by atoms with Crippen LogP contribution in [0.15, 0.2) is 24.3 Å². The number of allylic oxidation sites excluding steroid dienone is 3. The molecule has 0 aliphatic carbocycles. The summed E-state index contributed by atoms with van der Waals surface area (Å²) in [6.45, 7) is 4.64. The molecule has 8 nitrogen and oxygen atoms in total. The van der Waals surface area contributed by atoms with E-state index in [0.717, 1.165) is 38.5 Å². The lowest BCUT2D eigenvalue weighted by atomic mass is 10.0. The zero-order valence-corrected chi connectivity index (χ0v) is 45.6. The van der Waals surface area contributed by atoms with E-state index in [9.17, 15) is 19.4 Å². The van der Waals surface area contributed by atoms with E-state index in [4.69, 9.17) is 9.05 Å². The predicted molar refractivity (Wildman–Crippen MR) is 284 cm³/mol. The number of unbranched alkanes of at least 4 members (excludes halogenated alkanes) is 38. The minimum Gasteiger partial charge on any atom is -0.756 e. The van der Waals surface area contributed by atoms with E-state index in [1.165, 1.54) is 225 Å². The second kappa shape index (κ2) is 49.0. The van der Waals surface area contributed by atoms with Crippen molar-refractivity contribution in [2.24, 2.45) is 0 Å². The highest BCUT2D eigenvalue weighted by Gasteiger charge is 2.23. The van der Waals surface area contributed by atoms with Crippen molar-refractivity contribution in [1.29, 1.82) is 0 Å². The number of aliphatic hydroxyl groups is 1. The zero-order valence-electron chi connectivity index (χ0n) is 44.7. The van der Waals surface area contributed by atoms with Crippen LogP contribution in [-0.2, 0) is 18.4 Å². The first kappa shape index (κ1) is 65.0. The number of nitrogens with one attached hydrogen (secondary N) is 1. The van der Waals surface area contributed by atoms with Crippen molar-refractivity contribution in [1.82, 2.24) is 5.32 Å². The maximum Gasteiger partial charge on any atom is 0.268 e. The summed E-state index contributed by atoms with van der Waals surface area (Å²) >= 11 is 0. The third kappa shape index (κ3) is 50.8. The standard InChI is InChI=1S/C57H113N2O6P/c1-6-8-10-12-14-16-18-20-21-22-23-24-25-26-27-28-29-30-31-32-33-34-35-36-37-38-39-41-43-45-47-49-51-57(61)58-55(54-65-66(62,63)64-53-52-59(3,4)5)56(60)50-48-46-44-42-40-19-17-15-13-11-9-7-2/h40,42,48,50,55-56,60H,6-39,41,43-47,49,51-54H2,1-5H3,(H-,58,61,62,63)/b42-40+,50-48+. The van der Waals surface area contributed by atoms with Crippen molar-refractivity contribution < 1.29 is 32.9 Å². The minimum atomic E-state index is -4.60. The average Bonchev–Trinajstić information content (AvgIpc) is 3.28. The molecule has 9 heteroatoms. The average molecular weight is 954 g/mol. The summed E-state index contributed by atoms with van der Waals surface area (Å²) in [5, 5.41) is 13.8. The van der Waals surface area contributed by atoms with E-state index in [2.05, 4.69) is 31.3 Å². The molecule has 0 rings (SSSR count). The number of phosphoric ester groups is 1. The lowest BCUT2D eigenvalue weighted by Gasteiger charge is -2.29. The monoisotopic (exact) mass is 953 g/mol. The third-order valence-corrected chi connectivity index (χ3v) is 14.1. The van der Waals surface area contributed by atoms with E-state index in [-0.39, 0.29) is 19.1 Å². The molecule has 0 aromatic carbocycles.